The van der Waals surface area contributed by atoms with Gasteiger partial charge in [0, 0.05) is 67.0 Å². The van der Waals surface area contributed by atoms with Crippen molar-refractivity contribution in [3.8, 4) is 11.5 Å². The fourth-order valence-corrected chi connectivity index (χ4v) is 5.35. The minimum atomic E-state index is 0.261. The van der Waals surface area contributed by atoms with Gasteiger partial charge in [-0.1, -0.05) is 17.7 Å². The number of benzene rings is 2. The predicted octanol–water partition coefficient (Wildman–Crippen LogP) is 4.25. The molecule has 35 heavy (non-hydrogen) atoms. The zero-order valence-electron chi connectivity index (χ0n) is 20.0. The van der Waals surface area contributed by atoms with Crippen LogP contribution in [0.3, 0.4) is 0 Å². The monoisotopic (exact) mass is 492 g/mol. The smallest absolute Gasteiger partial charge is 0.231 e. The van der Waals surface area contributed by atoms with E-state index in [2.05, 4.69) is 45.7 Å². The molecule has 1 N–H and O–H groups in total. The van der Waals surface area contributed by atoms with E-state index >= 15 is 0 Å². The van der Waals surface area contributed by atoms with Crippen molar-refractivity contribution in [2.24, 2.45) is 0 Å². The molecular weight excluding hydrogens is 464 g/mol. The molecule has 0 aliphatic carbocycles. The number of aromatic nitrogens is 4. The minimum Gasteiger partial charge on any atom is -0.454 e. The van der Waals surface area contributed by atoms with Gasteiger partial charge in [0.1, 0.15) is 0 Å². The van der Waals surface area contributed by atoms with Gasteiger partial charge in [0.05, 0.1) is 29.8 Å². The van der Waals surface area contributed by atoms with Gasteiger partial charge in [-0.25, -0.2) is 4.98 Å². The van der Waals surface area contributed by atoms with Crippen molar-refractivity contribution in [2.75, 3.05) is 37.9 Å². The highest BCUT2D eigenvalue weighted by Gasteiger charge is 2.25. The zero-order valence-corrected chi connectivity index (χ0v) is 20.8. The van der Waals surface area contributed by atoms with Crippen LogP contribution in [-0.4, -0.2) is 63.7 Å². The van der Waals surface area contributed by atoms with E-state index in [0.29, 0.717) is 12.6 Å². The van der Waals surface area contributed by atoms with E-state index in [0.717, 1.165) is 77.0 Å². The zero-order chi connectivity index (χ0) is 23.9. The third-order valence-corrected chi connectivity index (χ3v) is 7.60. The summed E-state index contributed by atoms with van der Waals surface area (Å²) in [4.78, 5) is 12.4. The summed E-state index contributed by atoms with van der Waals surface area (Å²) >= 11 is 6.36. The molecule has 0 bridgehead atoms. The van der Waals surface area contributed by atoms with Crippen LogP contribution in [0.5, 0.6) is 11.5 Å². The first-order valence-electron chi connectivity index (χ1n) is 12.1. The molecule has 6 rings (SSSR count). The molecule has 0 spiro atoms. The van der Waals surface area contributed by atoms with E-state index in [1.165, 1.54) is 5.69 Å². The predicted molar refractivity (Wildman–Crippen MR) is 137 cm³/mol. The van der Waals surface area contributed by atoms with Crippen LogP contribution in [0.2, 0.25) is 5.02 Å². The van der Waals surface area contributed by atoms with E-state index in [4.69, 9.17) is 26.2 Å². The average molecular weight is 493 g/mol. The Kier molecular flexibility index (Phi) is 5.78. The Morgan fingerprint density at radius 3 is 2.69 bits per heavy atom. The van der Waals surface area contributed by atoms with Crippen molar-refractivity contribution in [3.05, 3.63) is 64.8 Å². The molecule has 0 radical (unpaired) electrons. The van der Waals surface area contributed by atoms with Crippen LogP contribution in [0.25, 0.3) is 10.9 Å². The number of H-pyrrole nitrogens is 1. The number of halogens is 1. The van der Waals surface area contributed by atoms with Gasteiger partial charge >= 0.3 is 0 Å². The van der Waals surface area contributed by atoms with Crippen molar-refractivity contribution in [2.45, 2.75) is 32.9 Å². The van der Waals surface area contributed by atoms with Crippen LogP contribution in [0.15, 0.2) is 42.9 Å². The molecule has 4 aromatic rings. The van der Waals surface area contributed by atoms with Gasteiger partial charge in [0.25, 0.3) is 0 Å². The number of nitrogens with zero attached hydrogens (tertiary/aromatic N) is 5. The van der Waals surface area contributed by atoms with Crippen LogP contribution >= 0.6 is 11.6 Å². The molecule has 2 aromatic heterocycles. The summed E-state index contributed by atoms with van der Waals surface area (Å²) < 4.78 is 13.3. The quantitative estimate of drug-likeness (QED) is 0.434. The fourth-order valence-electron chi connectivity index (χ4n) is 5.18. The number of nitrogens with one attached hydrogen (secondary N) is 1. The highest BCUT2D eigenvalue weighted by molar-refractivity contribution is 6.31. The number of hydrogen-bond acceptors (Lipinski definition) is 6. The second kappa shape index (κ2) is 9.09. The van der Waals surface area contributed by atoms with E-state index in [1.807, 2.05) is 29.1 Å². The molecule has 182 valence electrons. The number of rotatable bonds is 6. The Morgan fingerprint density at radius 1 is 1.11 bits per heavy atom. The van der Waals surface area contributed by atoms with Crippen molar-refractivity contribution in [1.29, 1.82) is 0 Å². The number of anilines is 1. The third-order valence-electron chi connectivity index (χ3n) is 7.19. The first-order valence-corrected chi connectivity index (χ1v) is 12.5. The molecule has 8 nitrogen and oxygen atoms in total. The number of piperazine rings is 1. The van der Waals surface area contributed by atoms with Gasteiger partial charge < -0.3 is 19.4 Å². The largest absolute Gasteiger partial charge is 0.454 e. The van der Waals surface area contributed by atoms with Crippen LogP contribution in [0, 0.1) is 6.92 Å². The van der Waals surface area contributed by atoms with Crippen LogP contribution in [0.1, 0.15) is 23.9 Å². The number of ether oxygens (including phenoxy) is 2. The van der Waals surface area contributed by atoms with Crippen LogP contribution in [0.4, 0.5) is 5.69 Å². The Bertz CT molecular complexity index is 1340. The summed E-state index contributed by atoms with van der Waals surface area (Å²) in [5, 5.41) is 6.97. The highest BCUT2D eigenvalue weighted by atomic mass is 35.5. The highest BCUT2D eigenvalue weighted by Crippen LogP contribution is 2.38. The normalized spacial score (nSPS) is 16.8. The molecule has 1 fully saturated rings. The van der Waals surface area contributed by atoms with Gasteiger partial charge in [-0.15, -0.1) is 0 Å². The SMILES string of the molecule is Cc1c(Cl)cccc1N1CCN(C(C)Cc2nn(Cc3c[nH]cn3)c3cc4c(cc23)OCO4)CC1. The maximum Gasteiger partial charge on any atom is 0.231 e. The number of hydrogen-bond donors (Lipinski definition) is 1. The Labute approximate surface area is 209 Å². The maximum absolute atomic E-state index is 6.36. The maximum atomic E-state index is 6.36. The van der Waals surface area contributed by atoms with E-state index in [1.54, 1.807) is 6.33 Å². The molecule has 2 aliphatic heterocycles. The molecule has 4 heterocycles. The second-order valence-corrected chi connectivity index (χ2v) is 9.75. The lowest BCUT2D eigenvalue weighted by Gasteiger charge is -2.39. The van der Waals surface area contributed by atoms with Gasteiger partial charge in [-0.05, 0) is 37.6 Å². The van der Waals surface area contributed by atoms with Gasteiger partial charge in [-0.2, -0.15) is 5.10 Å². The first-order chi connectivity index (χ1) is 17.1. The standard InChI is InChI=1S/C26H29ClN6O2/c1-17(31-6-8-32(9-7-31)23-5-3-4-21(27)18(23)2)10-22-20-11-25-26(35-16-34-25)12-24(20)33(30-22)14-19-13-28-15-29-19/h3-5,11-13,15,17H,6-10,14,16H2,1-2H3,(H,28,29). The summed E-state index contributed by atoms with van der Waals surface area (Å²) in [7, 11) is 0. The minimum absolute atomic E-state index is 0.261. The molecule has 1 unspecified atom stereocenters. The molecule has 0 amide bonds. The third kappa shape index (κ3) is 4.21. The summed E-state index contributed by atoms with van der Waals surface area (Å²) in [6.45, 7) is 9.24. The Hall–Kier alpha value is -3.23. The fraction of sp³-hybridized carbons (Fsp3) is 0.385. The first kappa shape index (κ1) is 22.2. The molecule has 2 aromatic carbocycles. The molecular formula is C26H29ClN6O2. The Balaban J connectivity index is 1.21. The van der Waals surface area contributed by atoms with Crippen molar-refractivity contribution >= 4 is 28.2 Å². The lowest BCUT2D eigenvalue weighted by atomic mass is 10.1. The van der Waals surface area contributed by atoms with Crippen molar-refractivity contribution in [1.82, 2.24) is 24.6 Å². The van der Waals surface area contributed by atoms with E-state index in [9.17, 15) is 0 Å². The van der Waals surface area contributed by atoms with E-state index < -0.39 is 0 Å². The summed E-state index contributed by atoms with van der Waals surface area (Å²) in [6.07, 6.45) is 4.47. The lowest BCUT2D eigenvalue weighted by molar-refractivity contribution is 0.174. The number of imidazole rings is 1. The van der Waals surface area contributed by atoms with Crippen molar-refractivity contribution in [3.63, 3.8) is 0 Å². The summed E-state index contributed by atoms with van der Waals surface area (Å²) in [5.41, 5.74) is 5.46. The van der Waals surface area contributed by atoms with Gasteiger partial charge in [0.2, 0.25) is 6.79 Å². The second-order valence-electron chi connectivity index (χ2n) is 9.35. The van der Waals surface area contributed by atoms with Crippen LogP contribution < -0.4 is 14.4 Å². The molecule has 1 atom stereocenters. The van der Waals surface area contributed by atoms with Gasteiger partial charge in [0.15, 0.2) is 11.5 Å². The molecule has 1 saturated heterocycles. The average Bonchev–Trinajstić information content (AvgIpc) is 3.61. The molecule has 9 heteroatoms. The number of fused-ring (bicyclic) bond motifs is 2. The van der Waals surface area contributed by atoms with Crippen LogP contribution in [-0.2, 0) is 13.0 Å². The molecule has 0 saturated carbocycles. The summed E-state index contributed by atoms with van der Waals surface area (Å²) in [5.74, 6) is 1.56. The number of aromatic amines is 1. The molecule has 2 aliphatic rings. The van der Waals surface area contributed by atoms with Gasteiger partial charge in [-0.3, -0.25) is 9.58 Å². The Morgan fingerprint density at radius 2 is 1.91 bits per heavy atom. The summed E-state index contributed by atoms with van der Waals surface area (Å²) in [6, 6.07) is 10.6. The van der Waals surface area contributed by atoms with Crippen molar-refractivity contribution < 1.29 is 9.47 Å². The topological polar surface area (TPSA) is 71.4 Å². The van der Waals surface area contributed by atoms with E-state index in [-0.39, 0.29) is 6.79 Å². The lowest BCUT2D eigenvalue weighted by Crippen LogP contribution is -2.50.